The van der Waals surface area contributed by atoms with Gasteiger partial charge in [-0.15, -0.1) is 0 Å². The highest BCUT2D eigenvalue weighted by molar-refractivity contribution is 6.22. The highest BCUT2D eigenvalue weighted by Gasteiger charge is 2.51. The van der Waals surface area contributed by atoms with E-state index in [0.717, 1.165) is 29.9 Å². The molecule has 4 aliphatic carbocycles. The maximum Gasteiger partial charge on any atom is 0.251 e. The molecule has 1 aromatic rings. The molecule has 1 N–H and O–H groups in total. The quantitative estimate of drug-likeness (QED) is 0.482. The molecule has 0 unspecified atom stereocenters. The minimum Gasteiger partial charge on any atom is -0.494 e. The molecule has 6 heteroatoms. The topological polar surface area (TPSA) is 67.9 Å². The normalized spacial score (nSPS) is 34.0. The van der Waals surface area contributed by atoms with Gasteiger partial charge in [0.05, 0.1) is 37.0 Å². The van der Waals surface area contributed by atoms with E-state index in [1.165, 1.54) is 43.4 Å². The lowest BCUT2D eigenvalue weighted by atomic mass is 9.54. The average Bonchev–Trinajstić information content (AvgIpc) is 3.02. The Morgan fingerprint density at radius 1 is 1.00 bits per heavy atom. The fourth-order valence-electron chi connectivity index (χ4n) is 6.68. The van der Waals surface area contributed by atoms with Crippen LogP contribution in [0, 0.1) is 17.8 Å². The van der Waals surface area contributed by atoms with Crippen LogP contribution in [-0.4, -0.2) is 43.2 Å². The number of carbonyl (C=O) groups excluding carboxylic acids is 2. The second kappa shape index (κ2) is 8.55. The molecule has 4 bridgehead atoms. The summed E-state index contributed by atoms with van der Waals surface area (Å²) in [5, 5.41) is 3.27. The highest BCUT2D eigenvalue weighted by Crippen LogP contribution is 2.57. The van der Waals surface area contributed by atoms with Gasteiger partial charge in [-0.1, -0.05) is 6.92 Å². The van der Waals surface area contributed by atoms with Gasteiger partial charge in [0.1, 0.15) is 5.75 Å². The minimum atomic E-state index is -0.469. The summed E-state index contributed by atoms with van der Waals surface area (Å²) < 4.78 is 12.0. The number of nitrogens with zero attached hydrogens (tertiary/aromatic N) is 1. The van der Waals surface area contributed by atoms with Crippen LogP contribution in [0.2, 0.25) is 0 Å². The number of rotatable bonds is 9. The summed E-state index contributed by atoms with van der Waals surface area (Å²) in [5.41, 5.74) is 0.687. The van der Waals surface area contributed by atoms with Gasteiger partial charge in [0.15, 0.2) is 0 Å². The van der Waals surface area contributed by atoms with E-state index in [-0.39, 0.29) is 23.8 Å². The highest BCUT2D eigenvalue weighted by atomic mass is 16.5. The predicted molar refractivity (Wildman–Crippen MR) is 118 cm³/mol. The second-order valence-electron chi connectivity index (χ2n) is 10.1. The molecule has 1 aromatic carbocycles. The van der Waals surface area contributed by atoms with Gasteiger partial charge in [0.2, 0.25) is 5.91 Å². The van der Waals surface area contributed by atoms with Crippen LogP contribution in [0.25, 0.3) is 0 Å². The van der Waals surface area contributed by atoms with Crippen LogP contribution >= 0.6 is 0 Å². The largest absolute Gasteiger partial charge is 0.494 e. The Morgan fingerprint density at radius 3 is 2.26 bits per heavy atom. The fourth-order valence-corrected chi connectivity index (χ4v) is 6.68. The minimum absolute atomic E-state index is 0.0829. The molecule has 1 atom stereocenters. The number of carbonyl (C=O) groups is 2. The van der Waals surface area contributed by atoms with Crippen molar-refractivity contribution in [3.63, 3.8) is 0 Å². The molecule has 1 heterocycles. The molecule has 6 rings (SSSR count). The molecule has 0 aromatic heterocycles. The number of anilines is 1. The van der Waals surface area contributed by atoms with Crippen LogP contribution in [0.15, 0.2) is 24.3 Å². The lowest BCUT2D eigenvalue weighted by Crippen LogP contribution is -2.52. The first kappa shape index (κ1) is 21.0. The van der Waals surface area contributed by atoms with E-state index in [0.29, 0.717) is 25.4 Å². The zero-order chi connectivity index (χ0) is 21.4. The zero-order valence-electron chi connectivity index (χ0n) is 18.5. The van der Waals surface area contributed by atoms with Crippen molar-refractivity contribution in [2.45, 2.75) is 69.9 Å². The summed E-state index contributed by atoms with van der Waals surface area (Å²) in [7, 11) is 0. The van der Waals surface area contributed by atoms with Gasteiger partial charge in [-0.25, -0.2) is 4.90 Å². The fraction of sp³-hybridized carbons (Fsp3) is 0.680. The summed E-state index contributed by atoms with van der Waals surface area (Å²) in [6.07, 6.45) is 8.99. The van der Waals surface area contributed by atoms with Gasteiger partial charge >= 0.3 is 0 Å². The molecular weight excluding hydrogens is 392 g/mol. The molecule has 5 aliphatic rings. The molecule has 2 amide bonds. The van der Waals surface area contributed by atoms with Crippen LogP contribution in [0.4, 0.5) is 5.69 Å². The second-order valence-corrected chi connectivity index (χ2v) is 10.1. The lowest BCUT2D eigenvalue weighted by Gasteiger charge is -2.56. The Labute approximate surface area is 184 Å². The predicted octanol–water partition coefficient (Wildman–Crippen LogP) is 3.68. The van der Waals surface area contributed by atoms with E-state index >= 15 is 0 Å². The van der Waals surface area contributed by atoms with Crippen molar-refractivity contribution in [1.29, 1.82) is 0 Å². The number of benzene rings is 1. The van der Waals surface area contributed by atoms with Crippen molar-refractivity contribution in [1.82, 2.24) is 5.32 Å². The first-order valence-electron chi connectivity index (χ1n) is 12.0. The van der Waals surface area contributed by atoms with Crippen molar-refractivity contribution in [3.8, 4) is 5.75 Å². The third-order valence-corrected chi connectivity index (χ3v) is 7.60. The van der Waals surface area contributed by atoms with E-state index in [9.17, 15) is 9.59 Å². The van der Waals surface area contributed by atoms with Crippen molar-refractivity contribution < 1.29 is 19.1 Å². The van der Waals surface area contributed by atoms with Crippen molar-refractivity contribution in [2.75, 3.05) is 24.7 Å². The molecule has 1 aliphatic heterocycles. The van der Waals surface area contributed by atoms with Crippen molar-refractivity contribution >= 4 is 17.5 Å². The molecule has 0 spiro atoms. The molecular formula is C25H34N2O4. The van der Waals surface area contributed by atoms with Crippen molar-refractivity contribution in [3.05, 3.63) is 24.3 Å². The number of hydrogen-bond donors (Lipinski definition) is 1. The lowest BCUT2D eigenvalue weighted by molar-refractivity contribution is -0.161. The average molecular weight is 427 g/mol. The Kier molecular flexibility index (Phi) is 5.78. The maximum atomic E-state index is 12.9. The molecule has 168 valence electrons. The van der Waals surface area contributed by atoms with Crippen LogP contribution in [0.5, 0.6) is 5.75 Å². The van der Waals surface area contributed by atoms with Crippen LogP contribution in [0.3, 0.4) is 0 Å². The van der Waals surface area contributed by atoms with Gasteiger partial charge in [0, 0.05) is 6.54 Å². The SMILES string of the molecule is CCCOc1ccc(N2C(=O)C[C@H](NCCOC34CC5CC(CC(C5)C3)C4)C2=O)cc1. The first-order chi connectivity index (χ1) is 15.0. The van der Waals surface area contributed by atoms with E-state index in [1.54, 1.807) is 12.1 Å². The van der Waals surface area contributed by atoms with Crippen LogP contribution in [-0.2, 0) is 14.3 Å². The van der Waals surface area contributed by atoms with Crippen LogP contribution in [0.1, 0.15) is 58.3 Å². The number of hydrogen-bond acceptors (Lipinski definition) is 5. The molecule has 0 radical (unpaired) electrons. The first-order valence-corrected chi connectivity index (χ1v) is 12.0. The standard InChI is InChI=1S/C25H34N2O4/c1-2-8-30-21-5-3-20(4-6-21)27-23(28)13-22(24(27)29)26-7-9-31-25-14-17-10-18(15-25)12-19(11-17)16-25/h3-6,17-19,22,26H,2,7-16H2,1H3/t17?,18?,19?,22-,25?/m0/s1. The number of amides is 2. The van der Waals surface area contributed by atoms with E-state index < -0.39 is 6.04 Å². The summed E-state index contributed by atoms with van der Waals surface area (Å²) in [6, 6.07) is 6.71. The molecule has 1 saturated heterocycles. The third kappa shape index (κ3) is 4.24. The summed E-state index contributed by atoms with van der Waals surface area (Å²) in [5.74, 6) is 3.00. The molecule has 31 heavy (non-hydrogen) atoms. The summed E-state index contributed by atoms with van der Waals surface area (Å²) in [6.45, 7) is 3.91. The van der Waals surface area contributed by atoms with E-state index in [1.807, 2.05) is 12.1 Å². The number of ether oxygens (including phenoxy) is 2. The Hall–Kier alpha value is -1.92. The maximum absolute atomic E-state index is 12.9. The summed E-state index contributed by atoms with van der Waals surface area (Å²) >= 11 is 0. The Balaban J connectivity index is 1.12. The van der Waals surface area contributed by atoms with Gasteiger partial charge in [-0.3, -0.25) is 9.59 Å². The van der Waals surface area contributed by atoms with Gasteiger partial charge in [-0.05, 0) is 87.0 Å². The van der Waals surface area contributed by atoms with E-state index in [4.69, 9.17) is 9.47 Å². The number of nitrogens with one attached hydrogen (secondary N) is 1. The van der Waals surface area contributed by atoms with E-state index in [2.05, 4.69) is 12.2 Å². The monoisotopic (exact) mass is 426 g/mol. The summed E-state index contributed by atoms with van der Waals surface area (Å²) in [4.78, 5) is 26.7. The van der Waals surface area contributed by atoms with Gasteiger partial charge in [-0.2, -0.15) is 0 Å². The van der Waals surface area contributed by atoms with Gasteiger partial charge < -0.3 is 14.8 Å². The Morgan fingerprint density at radius 2 is 1.65 bits per heavy atom. The molecule has 5 fully saturated rings. The molecule has 4 saturated carbocycles. The van der Waals surface area contributed by atoms with Crippen molar-refractivity contribution in [2.24, 2.45) is 17.8 Å². The third-order valence-electron chi connectivity index (χ3n) is 7.60. The smallest absolute Gasteiger partial charge is 0.251 e. The number of imide groups is 1. The Bertz CT molecular complexity index is 786. The van der Waals surface area contributed by atoms with Crippen LogP contribution < -0.4 is 15.0 Å². The zero-order valence-corrected chi connectivity index (χ0v) is 18.5. The molecule has 6 nitrogen and oxygen atoms in total. The van der Waals surface area contributed by atoms with Gasteiger partial charge in [0.25, 0.3) is 5.91 Å².